The summed E-state index contributed by atoms with van der Waals surface area (Å²) in [6.07, 6.45) is 2.12. The second-order valence-electron chi connectivity index (χ2n) is 8.96. The standard InChI is InChI=1S/C30H30O2/c1-19(31-3)13-23-15-21-9-5-7-11-25(21)29-18-28-24(14-20(2)32-4)16-22-10-6-8-12-26(22)30(28)17-27(23)29/h5-12,15-20H,13-14H2,1-4H3/t19-,20+. The zero-order valence-corrected chi connectivity index (χ0v) is 19.3. The molecule has 5 aromatic carbocycles. The zero-order chi connectivity index (χ0) is 22.2. The lowest BCUT2D eigenvalue weighted by Gasteiger charge is -2.18. The predicted octanol–water partition coefficient (Wildman–Crippen LogP) is 7.45. The molecule has 0 heterocycles. The molecule has 162 valence electrons. The topological polar surface area (TPSA) is 18.5 Å². The minimum absolute atomic E-state index is 0.167. The van der Waals surface area contributed by atoms with Crippen molar-refractivity contribution in [2.75, 3.05) is 14.2 Å². The van der Waals surface area contributed by atoms with E-state index in [1.807, 2.05) is 0 Å². The van der Waals surface area contributed by atoms with Crippen molar-refractivity contribution in [3.05, 3.63) is 83.9 Å². The molecule has 0 saturated carbocycles. The number of rotatable bonds is 6. The molecule has 0 bridgehead atoms. The monoisotopic (exact) mass is 422 g/mol. The van der Waals surface area contributed by atoms with Gasteiger partial charge in [0.15, 0.2) is 0 Å². The summed E-state index contributed by atoms with van der Waals surface area (Å²) in [5, 5.41) is 10.4. The Bertz CT molecular complexity index is 1320. The average Bonchev–Trinajstić information content (AvgIpc) is 2.83. The van der Waals surface area contributed by atoms with Gasteiger partial charge in [0.05, 0.1) is 12.2 Å². The van der Waals surface area contributed by atoms with Gasteiger partial charge >= 0.3 is 0 Å². The molecule has 0 spiro atoms. The Balaban J connectivity index is 1.91. The second-order valence-corrected chi connectivity index (χ2v) is 8.96. The summed E-state index contributed by atoms with van der Waals surface area (Å²) in [6.45, 7) is 4.28. The normalized spacial score (nSPS) is 13.9. The van der Waals surface area contributed by atoms with E-state index in [0.717, 1.165) is 12.8 Å². The first-order valence-electron chi connectivity index (χ1n) is 11.4. The van der Waals surface area contributed by atoms with Crippen LogP contribution in [0.3, 0.4) is 0 Å². The van der Waals surface area contributed by atoms with Crippen molar-refractivity contribution >= 4 is 43.1 Å². The third-order valence-corrected chi connectivity index (χ3v) is 6.83. The summed E-state index contributed by atoms with van der Waals surface area (Å²) in [5.74, 6) is 0. The molecule has 2 nitrogen and oxygen atoms in total. The molecule has 0 aliphatic rings. The van der Waals surface area contributed by atoms with E-state index < -0.39 is 0 Å². The molecular weight excluding hydrogens is 392 g/mol. The van der Waals surface area contributed by atoms with Gasteiger partial charge in [0.2, 0.25) is 0 Å². The molecule has 0 aromatic heterocycles. The molecule has 0 N–H and O–H groups in total. The Morgan fingerprint density at radius 1 is 0.531 bits per heavy atom. The van der Waals surface area contributed by atoms with Crippen LogP contribution in [0.2, 0.25) is 0 Å². The molecule has 0 unspecified atom stereocenters. The highest BCUT2D eigenvalue weighted by molar-refractivity contribution is 6.18. The van der Waals surface area contributed by atoms with Crippen molar-refractivity contribution < 1.29 is 9.47 Å². The fourth-order valence-electron chi connectivity index (χ4n) is 4.97. The Hall–Kier alpha value is -2.94. The Kier molecular flexibility index (Phi) is 5.58. The molecule has 2 atom stereocenters. The van der Waals surface area contributed by atoms with Crippen molar-refractivity contribution in [3.8, 4) is 0 Å². The molecule has 0 aliphatic heterocycles. The molecule has 5 aromatic rings. The fraction of sp³-hybridized carbons (Fsp3) is 0.267. The summed E-state index contributed by atoms with van der Waals surface area (Å²) >= 11 is 0. The molecule has 0 saturated heterocycles. The quantitative estimate of drug-likeness (QED) is 0.209. The van der Waals surface area contributed by atoms with Crippen molar-refractivity contribution in [1.29, 1.82) is 0 Å². The van der Waals surface area contributed by atoms with E-state index in [0.29, 0.717) is 0 Å². The molecule has 0 radical (unpaired) electrons. The van der Waals surface area contributed by atoms with Crippen LogP contribution in [0.25, 0.3) is 43.1 Å². The molecule has 5 rings (SSSR count). The number of benzene rings is 5. The summed E-state index contributed by atoms with van der Waals surface area (Å²) in [4.78, 5) is 0. The van der Waals surface area contributed by atoms with Crippen LogP contribution in [0.1, 0.15) is 25.0 Å². The maximum atomic E-state index is 5.63. The average molecular weight is 423 g/mol. The van der Waals surface area contributed by atoms with E-state index in [2.05, 4.69) is 86.6 Å². The zero-order valence-electron chi connectivity index (χ0n) is 19.3. The van der Waals surface area contributed by atoms with Gasteiger partial charge in [-0.15, -0.1) is 0 Å². The Morgan fingerprint density at radius 3 is 1.34 bits per heavy atom. The third kappa shape index (κ3) is 3.64. The Morgan fingerprint density at radius 2 is 0.938 bits per heavy atom. The minimum atomic E-state index is 0.167. The minimum Gasteiger partial charge on any atom is -0.381 e. The third-order valence-electron chi connectivity index (χ3n) is 6.83. The van der Waals surface area contributed by atoms with E-state index in [9.17, 15) is 0 Å². The van der Waals surface area contributed by atoms with Gasteiger partial charge in [-0.1, -0.05) is 60.7 Å². The van der Waals surface area contributed by atoms with Crippen molar-refractivity contribution in [2.24, 2.45) is 0 Å². The number of ether oxygens (including phenoxy) is 2. The van der Waals surface area contributed by atoms with Gasteiger partial charge in [-0.2, -0.15) is 0 Å². The van der Waals surface area contributed by atoms with Crippen molar-refractivity contribution in [2.45, 2.75) is 38.9 Å². The molecule has 2 heteroatoms. The van der Waals surface area contributed by atoms with Gasteiger partial charge < -0.3 is 9.47 Å². The summed E-state index contributed by atoms with van der Waals surface area (Å²) in [6, 6.07) is 27.0. The van der Waals surface area contributed by atoms with Crippen LogP contribution in [-0.2, 0) is 22.3 Å². The molecule has 32 heavy (non-hydrogen) atoms. The van der Waals surface area contributed by atoms with Crippen LogP contribution < -0.4 is 0 Å². The van der Waals surface area contributed by atoms with Crippen molar-refractivity contribution in [1.82, 2.24) is 0 Å². The SMILES string of the molecule is CO[C@H](C)Cc1cc2ccccc2c2cc3c(C[C@H](C)OC)cc4ccccc4c3cc12. The van der Waals surface area contributed by atoms with Crippen LogP contribution in [0.15, 0.2) is 72.8 Å². The smallest absolute Gasteiger partial charge is 0.0583 e. The highest BCUT2D eigenvalue weighted by Gasteiger charge is 2.15. The number of hydrogen-bond donors (Lipinski definition) is 0. The molecule has 0 fully saturated rings. The van der Waals surface area contributed by atoms with E-state index in [1.165, 1.54) is 54.2 Å². The number of hydrogen-bond acceptors (Lipinski definition) is 2. The van der Waals surface area contributed by atoms with E-state index in [4.69, 9.17) is 9.47 Å². The molecule has 0 aliphatic carbocycles. The van der Waals surface area contributed by atoms with Crippen LogP contribution in [0.5, 0.6) is 0 Å². The second kappa shape index (κ2) is 8.54. The fourth-order valence-corrected chi connectivity index (χ4v) is 4.97. The first kappa shape index (κ1) is 20.9. The Labute approximate surface area is 189 Å². The summed E-state index contributed by atoms with van der Waals surface area (Å²) < 4.78 is 11.3. The number of fused-ring (bicyclic) bond motifs is 6. The largest absolute Gasteiger partial charge is 0.381 e. The van der Waals surface area contributed by atoms with Gasteiger partial charge in [-0.25, -0.2) is 0 Å². The lowest BCUT2D eigenvalue weighted by Crippen LogP contribution is -2.09. The number of methoxy groups -OCH3 is 2. The lowest BCUT2D eigenvalue weighted by atomic mass is 9.88. The van der Waals surface area contributed by atoms with Gasteiger partial charge in [-0.05, 0) is 93.0 Å². The maximum Gasteiger partial charge on any atom is 0.0583 e. The highest BCUT2D eigenvalue weighted by atomic mass is 16.5. The van der Waals surface area contributed by atoms with Crippen LogP contribution in [-0.4, -0.2) is 26.4 Å². The summed E-state index contributed by atoms with van der Waals surface area (Å²) in [5.41, 5.74) is 2.68. The van der Waals surface area contributed by atoms with Crippen LogP contribution in [0.4, 0.5) is 0 Å². The summed E-state index contributed by atoms with van der Waals surface area (Å²) in [7, 11) is 3.58. The first-order valence-corrected chi connectivity index (χ1v) is 11.4. The van der Waals surface area contributed by atoms with Gasteiger partial charge in [0.25, 0.3) is 0 Å². The maximum absolute atomic E-state index is 5.63. The lowest BCUT2D eigenvalue weighted by molar-refractivity contribution is 0.119. The highest BCUT2D eigenvalue weighted by Crippen LogP contribution is 2.37. The van der Waals surface area contributed by atoms with Crippen LogP contribution >= 0.6 is 0 Å². The predicted molar refractivity (Wildman–Crippen MR) is 137 cm³/mol. The molecule has 0 amide bonds. The van der Waals surface area contributed by atoms with Crippen LogP contribution in [0, 0.1) is 0 Å². The van der Waals surface area contributed by atoms with E-state index in [1.54, 1.807) is 14.2 Å². The molecular formula is C30H30O2. The van der Waals surface area contributed by atoms with Gasteiger partial charge in [-0.3, -0.25) is 0 Å². The van der Waals surface area contributed by atoms with Gasteiger partial charge in [0, 0.05) is 14.2 Å². The van der Waals surface area contributed by atoms with E-state index >= 15 is 0 Å². The first-order chi connectivity index (χ1) is 15.6. The van der Waals surface area contributed by atoms with Crippen molar-refractivity contribution in [3.63, 3.8) is 0 Å². The van der Waals surface area contributed by atoms with Gasteiger partial charge in [0.1, 0.15) is 0 Å². The van der Waals surface area contributed by atoms with E-state index in [-0.39, 0.29) is 12.2 Å².